The molecule has 0 spiro atoms. The molecule has 1 aliphatic carbocycles. The van der Waals surface area contributed by atoms with Gasteiger partial charge in [-0.15, -0.1) is 23.1 Å². The number of hydrogen-bond acceptors (Lipinski definition) is 6. The molecule has 0 fully saturated rings. The van der Waals surface area contributed by atoms with Gasteiger partial charge in [0.2, 0.25) is 5.91 Å². The standard InChI is InChI=1S/C24H30N4O2S2/c1-15-8-10-16(11-9-15)18(28(2)3)12-25-21(29)14-31-13-20-26-23(30)22-17-6-4-5-7-19(17)32-24(22)27-20/h8-11,18H,4-7,12-14H2,1-3H3,(H,25,29)(H,26,27,30). The number of nitrogens with zero attached hydrogens (tertiary/aromatic N) is 2. The van der Waals surface area contributed by atoms with Crippen LogP contribution >= 0.6 is 23.1 Å². The van der Waals surface area contributed by atoms with Crippen molar-refractivity contribution in [2.75, 3.05) is 26.4 Å². The van der Waals surface area contributed by atoms with Gasteiger partial charge in [0.25, 0.3) is 5.56 Å². The molecule has 0 bridgehead atoms. The monoisotopic (exact) mass is 470 g/mol. The molecule has 6 nitrogen and oxygen atoms in total. The van der Waals surface area contributed by atoms with Crippen LogP contribution in [0.25, 0.3) is 10.2 Å². The Hall–Kier alpha value is -2.16. The molecule has 3 aromatic rings. The van der Waals surface area contributed by atoms with Gasteiger partial charge >= 0.3 is 0 Å². The molecule has 8 heteroatoms. The minimum absolute atomic E-state index is 0.0102. The quantitative estimate of drug-likeness (QED) is 0.523. The second-order valence-electron chi connectivity index (χ2n) is 8.59. The summed E-state index contributed by atoms with van der Waals surface area (Å²) in [6.45, 7) is 2.62. The van der Waals surface area contributed by atoms with Gasteiger partial charge < -0.3 is 15.2 Å². The van der Waals surface area contributed by atoms with E-state index >= 15 is 0 Å². The molecule has 4 rings (SSSR count). The number of nitrogens with one attached hydrogen (secondary N) is 2. The lowest BCUT2D eigenvalue weighted by molar-refractivity contribution is -0.118. The molecular weight excluding hydrogens is 440 g/mol. The molecule has 2 heterocycles. The third-order valence-electron chi connectivity index (χ3n) is 5.92. The molecule has 170 valence electrons. The minimum Gasteiger partial charge on any atom is -0.353 e. The zero-order valence-electron chi connectivity index (χ0n) is 18.9. The lowest BCUT2D eigenvalue weighted by atomic mass is 9.97. The second-order valence-corrected chi connectivity index (χ2v) is 10.7. The molecule has 0 saturated carbocycles. The topological polar surface area (TPSA) is 78.1 Å². The van der Waals surface area contributed by atoms with Crippen LogP contribution in [0.2, 0.25) is 0 Å². The van der Waals surface area contributed by atoms with Gasteiger partial charge in [0.1, 0.15) is 10.7 Å². The Labute approximate surface area is 196 Å². The highest BCUT2D eigenvalue weighted by molar-refractivity contribution is 7.99. The van der Waals surface area contributed by atoms with Crippen molar-refractivity contribution in [1.29, 1.82) is 0 Å². The van der Waals surface area contributed by atoms with Crippen molar-refractivity contribution in [2.45, 2.75) is 44.4 Å². The van der Waals surface area contributed by atoms with Gasteiger partial charge in [-0.25, -0.2) is 4.98 Å². The Morgan fingerprint density at radius 2 is 2.00 bits per heavy atom. The van der Waals surface area contributed by atoms with E-state index in [2.05, 4.69) is 51.4 Å². The Kier molecular flexibility index (Phi) is 7.33. The van der Waals surface area contributed by atoms with Crippen molar-refractivity contribution in [3.05, 3.63) is 62.0 Å². The minimum atomic E-state index is -0.0404. The van der Waals surface area contributed by atoms with Crippen LogP contribution in [0.5, 0.6) is 0 Å². The molecule has 0 radical (unpaired) electrons. The number of rotatable bonds is 8. The van der Waals surface area contributed by atoms with E-state index in [1.54, 1.807) is 11.3 Å². The number of carbonyl (C=O) groups excluding carboxylic acids is 1. The number of hydrogen-bond donors (Lipinski definition) is 2. The third kappa shape index (κ3) is 5.24. The van der Waals surface area contributed by atoms with Gasteiger partial charge in [-0.05, 0) is 57.8 Å². The van der Waals surface area contributed by atoms with Crippen LogP contribution in [-0.4, -0.2) is 47.2 Å². The number of thioether (sulfide) groups is 1. The maximum atomic E-state index is 12.6. The van der Waals surface area contributed by atoms with Gasteiger partial charge in [-0.2, -0.15) is 0 Å². The summed E-state index contributed by atoms with van der Waals surface area (Å²) in [5.41, 5.74) is 3.57. The van der Waals surface area contributed by atoms with Crippen molar-refractivity contribution in [2.24, 2.45) is 0 Å². The average Bonchev–Trinajstić information content (AvgIpc) is 3.14. The fraction of sp³-hybridized carbons (Fsp3) is 0.458. The lowest BCUT2D eigenvalue weighted by Gasteiger charge is -2.25. The van der Waals surface area contributed by atoms with Gasteiger partial charge in [-0.1, -0.05) is 29.8 Å². The van der Waals surface area contributed by atoms with E-state index < -0.39 is 0 Å². The van der Waals surface area contributed by atoms with E-state index in [9.17, 15) is 9.59 Å². The summed E-state index contributed by atoms with van der Waals surface area (Å²) in [7, 11) is 4.04. The number of carbonyl (C=O) groups is 1. The summed E-state index contributed by atoms with van der Waals surface area (Å²) in [5, 5.41) is 3.83. The van der Waals surface area contributed by atoms with E-state index in [4.69, 9.17) is 0 Å². The molecule has 1 aromatic carbocycles. The largest absolute Gasteiger partial charge is 0.353 e. The van der Waals surface area contributed by atoms with E-state index in [1.165, 1.54) is 39.8 Å². The van der Waals surface area contributed by atoms with Crippen LogP contribution in [0.1, 0.15) is 46.3 Å². The summed E-state index contributed by atoms with van der Waals surface area (Å²) in [6, 6.07) is 8.54. The maximum absolute atomic E-state index is 12.6. The summed E-state index contributed by atoms with van der Waals surface area (Å²) in [4.78, 5) is 37.0. The summed E-state index contributed by atoms with van der Waals surface area (Å²) >= 11 is 3.13. The van der Waals surface area contributed by atoms with Crippen LogP contribution in [0.15, 0.2) is 29.1 Å². The first kappa shape index (κ1) is 23.0. The predicted molar refractivity (Wildman–Crippen MR) is 134 cm³/mol. The van der Waals surface area contributed by atoms with Crippen molar-refractivity contribution < 1.29 is 4.79 Å². The predicted octanol–water partition coefficient (Wildman–Crippen LogP) is 3.82. The van der Waals surface area contributed by atoms with Crippen LogP contribution in [0, 0.1) is 6.92 Å². The number of fused-ring (bicyclic) bond motifs is 3. The number of aryl methyl sites for hydroxylation is 3. The Bertz CT molecular complexity index is 1150. The number of amides is 1. The highest BCUT2D eigenvalue weighted by Gasteiger charge is 2.20. The molecule has 0 aliphatic heterocycles. The first-order chi connectivity index (χ1) is 15.4. The second kappa shape index (κ2) is 10.2. The summed E-state index contributed by atoms with van der Waals surface area (Å²) < 4.78 is 0. The van der Waals surface area contributed by atoms with E-state index in [1.807, 2.05) is 14.1 Å². The highest BCUT2D eigenvalue weighted by Crippen LogP contribution is 2.33. The highest BCUT2D eigenvalue weighted by atomic mass is 32.2. The number of thiophene rings is 1. The molecule has 2 N–H and O–H groups in total. The Morgan fingerprint density at radius 3 is 2.75 bits per heavy atom. The number of H-pyrrole nitrogens is 1. The summed E-state index contributed by atoms with van der Waals surface area (Å²) in [5.74, 6) is 1.47. The van der Waals surface area contributed by atoms with Crippen molar-refractivity contribution in [1.82, 2.24) is 20.2 Å². The van der Waals surface area contributed by atoms with Crippen molar-refractivity contribution in [3.63, 3.8) is 0 Å². The number of likely N-dealkylation sites (N-methyl/N-ethyl adjacent to an activating group) is 1. The lowest BCUT2D eigenvalue weighted by Crippen LogP contribution is -2.35. The fourth-order valence-corrected chi connectivity index (χ4v) is 6.17. The molecule has 1 amide bonds. The maximum Gasteiger partial charge on any atom is 0.259 e. The molecule has 1 unspecified atom stereocenters. The van der Waals surface area contributed by atoms with Crippen LogP contribution in [0.3, 0.4) is 0 Å². The van der Waals surface area contributed by atoms with Gasteiger partial charge in [0, 0.05) is 11.4 Å². The molecule has 0 saturated heterocycles. The van der Waals surface area contributed by atoms with Crippen LogP contribution in [0.4, 0.5) is 0 Å². The van der Waals surface area contributed by atoms with Crippen molar-refractivity contribution in [3.8, 4) is 0 Å². The Balaban J connectivity index is 1.32. The zero-order chi connectivity index (χ0) is 22.7. The third-order valence-corrected chi connectivity index (χ3v) is 8.05. The number of aromatic amines is 1. The SMILES string of the molecule is Cc1ccc(C(CNC(=O)CSCc2nc3sc4c(c3c(=O)[nH]2)CCCC4)N(C)C)cc1. The molecular formula is C24H30N4O2S2. The van der Waals surface area contributed by atoms with Crippen LogP contribution < -0.4 is 10.9 Å². The smallest absolute Gasteiger partial charge is 0.259 e. The molecule has 1 atom stereocenters. The van der Waals surface area contributed by atoms with Crippen LogP contribution in [-0.2, 0) is 23.4 Å². The summed E-state index contributed by atoms with van der Waals surface area (Å²) in [6.07, 6.45) is 4.36. The fourth-order valence-electron chi connectivity index (χ4n) is 4.17. The number of benzene rings is 1. The Morgan fingerprint density at radius 1 is 1.25 bits per heavy atom. The first-order valence-corrected chi connectivity index (χ1v) is 13.0. The van der Waals surface area contributed by atoms with Gasteiger partial charge in [0.05, 0.1) is 22.9 Å². The first-order valence-electron chi connectivity index (χ1n) is 11.0. The normalized spacial score (nSPS) is 14.5. The van der Waals surface area contributed by atoms with E-state index in [0.717, 1.165) is 29.5 Å². The van der Waals surface area contributed by atoms with Gasteiger partial charge in [0.15, 0.2) is 0 Å². The average molecular weight is 471 g/mol. The molecule has 2 aromatic heterocycles. The van der Waals surface area contributed by atoms with E-state index in [-0.39, 0.29) is 17.5 Å². The van der Waals surface area contributed by atoms with Crippen molar-refractivity contribution >= 4 is 39.2 Å². The zero-order valence-corrected chi connectivity index (χ0v) is 20.5. The number of aromatic nitrogens is 2. The molecule has 1 aliphatic rings. The van der Waals surface area contributed by atoms with E-state index in [0.29, 0.717) is 23.9 Å². The van der Waals surface area contributed by atoms with Gasteiger partial charge in [-0.3, -0.25) is 9.59 Å². The molecule has 32 heavy (non-hydrogen) atoms.